The van der Waals surface area contributed by atoms with E-state index in [9.17, 15) is 9.59 Å². The van der Waals surface area contributed by atoms with Crippen LogP contribution in [0.2, 0.25) is 0 Å². The second kappa shape index (κ2) is 6.20. The molecule has 1 atom stereocenters. The molecule has 100 valence electrons. The molecule has 1 amide bonds. The number of carboxylic acids is 1. The maximum absolute atomic E-state index is 12.2. The van der Waals surface area contributed by atoms with E-state index in [0.29, 0.717) is 13.2 Å². The number of carbonyl (C=O) groups excluding carboxylic acids is 1. The Morgan fingerprint density at radius 1 is 1.56 bits per heavy atom. The summed E-state index contributed by atoms with van der Waals surface area (Å²) in [7, 11) is 1.55. The van der Waals surface area contributed by atoms with Crippen LogP contribution in [0.4, 0.5) is 0 Å². The molecule has 0 aromatic carbocycles. The van der Waals surface area contributed by atoms with E-state index in [-0.39, 0.29) is 17.4 Å². The van der Waals surface area contributed by atoms with Crippen LogP contribution in [-0.4, -0.2) is 48.2 Å². The number of nitrogens with zero attached hydrogens (tertiary/aromatic N) is 1. The first-order valence-electron chi connectivity index (χ1n) is 5.63. The van der Waals surface area contributed by atoms with Crippen LogP contribution in [0.3, 0.4) is 0 Å². The summed E-state index contributed by atoms with van der Waals surface area (Å²) in [5.41, 5.74) is -0.122. The molecule has 18 heavy (non-hydrogen) atoms. The lowest BCUT2D eigenvalue weighted by Crippen LogP contribution is -2.41. The summed E-state index contributed by atoms with van der Waals surface area (Å²) in [5, 5.41) is 8.94. The van der Waals surface area contributed by atoms with Gasteiger partial charge in [0, 0.05) is 13.7 Å². The minimum atomic E-state index is -1.18. The van der Waals surface area contributed by atoms with Crippen LogP contribution < -0.4 is 0 Å². The standard InChI is InChI=1S/C12H17NO5/c1-4-13(8(2)7-17-3)11(14)10-9(12(15)16)5-6-18-10/h5-6,8H,4,7H2,1-3H3,(H,15,16). The Balaban J connectivity index is 2.96. The summed E-state index contributed by atoms with van der Waals surface area (Å²) in [6.45, 7) is 4.47. The topological polar surface area (TPSA) is 80.0 Å². The van der Waals surface area contributed by atoms with Crippen molar-refractivity contribution in [2.75, 3.05) is 20.3 Å². The molecule has 1 N–H and O–H groups in total. The molecule has 6 nitrogen and oxygen atoms in total. The van der Waals surface area contributed by atoms with E-state index in [4.69, 9.17) is 14.3 Å². The average Bonchev–Trinajstić information content (AvgIpc) is 2.79. The summed E-state index contributed by atoms with van der Waals surface area (Å²) < 4.78 is 9.98. The van der Waals surface area contributed by atoms with Gasteiger partial charge in [-0.3, -0.25) is 4.79 Å². The van der Waals surface area contributed by atoms with Gasteiger partial charge >= 0.3 is 5.97 Å². The zero-order valence-corrected chi connectivity index (χ0v) is 10.7. The summed E-state index contributed by atoms with van der Waals surface area (Å²) >= 11 is 0. The van der Waals surface area contributed by atoms with Gasteiger partial charge in [-0.25, -0.2) is 4.79 Å². The zero-order chi connectivity index (χ0) is 13.7. The normalized spacial score (nSPS) is 12.2. The number of likely N-dealkylation sites (N-methyl/N-ethyl adjacent to an activating group) is 1. The molecule has 1 aromatic rings. The lowest BCUT2D eigenvalue weighted by Gasteiger charge is -2.26. The van der Waals surface area contributed by atoms with E-state index in [1.54, 1.807) is 7.11 Å². The summed E-state index contributed by atoms with van der Waals surface area (Å²) in [6.07, 6.45) is 1.20. The third-order valence-electron chi connectivity index (χ3n) is 2.63. The molecule has 0 aliphatic carbocycles. The Morgan fingerprint density at radius 2 is 2.22 bits per heavy atom. The highest BCUT2D eigenvalue weighted by atomic mass is 16.5. The van der Waals surface area contributed by atoms with Gasteiger partial charge < -0.3 is 19.2 Å². The van der Waals surface area contributed by atoms with Crippen LogP contribution in [0.25, 0.3) is 0 Å². The highest BCUT2D eigenvalue weighted by Crippen LogP contribution is 2.15. The number of hydrogen-bond acceptors (Lipinski definition) is 4. The van der Waals surface area contributed by atoms with Gasteiger partial charge in [-0.1, -0.05) is 0 Å². The van der Waals surface area contributed by atoms with Crippen molar-refractivity contribution in [3.8, 4) is 0 Å². The van der Waals surface area contributed by atoms with Gasteiger partial charge in [0.15, 0.2) is 0 Å². The van der Waals surface area contributed by atoms with E-state index in [2.05, 4.69) is 0 Å². The highest BCUT2D eigenvalue weighted by Gasteiger charge is 2.27. The van der Waals surface area contributed by atoms with Crippen molar-refractivity contribution in [3.05, 3.63) is 23.7 Å². The molecule has 0 saturated heterocycles. The lowest BCUT2D eigenvalue weighted by atomic mass is 10.2. The zero-order valence-electron chi connectivity index (χ0n) is 10.7. The van der Waals surface area contributed by atoms with Gasteiger partial charge in [-0.2, -0.15) is 0 Å². The number of carboxylic acid groups (broad SMARTS) is 1. The summed E-state index contributed by atoms with van der Waals surface area (Å²) in [5.74, 6) is -1.76. The molecule has 0 aliphatic rings. The molecule has 0 fully saturated rings. The number of carbonyl (C=O) groups is 2. The van der Waals surface area contributed by atoms with Gasteiger partial charge in [-0.15, -0.1) is 0 Å². The van der Waals surface area contributed by atoms with Crippen molar-refractivity contribution in [1.29, 1.82) is 0 Å². The van der Waals surface area contributed by atoms with Gasteiger partial charge in [0.05, 0.1) is 18.9 Å². The highest BCUT2D eigenvalue weighted by molar-refractivity contribution is 6.02. The number of hydrogen-bond donors (Lipinski definition) is 1. The number of amides is 1. The number of furan rings is 1. The van der Waals surface area contributed by atoms with E-state index in [0.717, 1.165) is 0 Å². The smallest absolute Gasteiger partial charge is 0.339 e. The molecule has 6 heteroatoms. The summed E-state index contributed by atoms with van der Waals surface area (Å²) in [4.78, 5) is 24.6. The van der Waals surface area contributed by atoms with Crippen LogP contribution in [0.1, 0.15) is 34.8 Å². The maximum atomic E-state index is 12.2. The van der Waals surface area contributed by atoms with Crippen molar-refractivity contribution in [3.63, 3.8) is 0 Å². The first kappa shape index (κ1) is 14.2. The third kappa shape index (κ3) is 2.89. The largest absolute Gasteiger partial charge is 0.478 e. The fourth-order valence-corrected chi connectivity index (χ4v) is 1.76. The lowest BCUT2D eigenvalue weighted by molar-refractivity contribution is 0.0536. The minimum Gasteiger partial charge on any atom is -0.478 e. The molecule has 0 spiro atoms. The fourth-order valence-electron chi connectivity index (χ4n) is 1.76. The molecule has 1 aromatic heterocycles. The fraction of sp³-hybridized carbons (Fsp3) is 0.500. The Bertz CT molecular complexity index is 426. The van der Waals surface area contributed by atoms with Gasteiger partial charge in [-0.05, 0) is 19.9 Å². The Kier molecular flexibility index (Phi) is 4.91. The van der Waals surface area contributed by atoms with Crippen LogP contribution in [-0.2, 0) is 4.74 Å². The second-order valence-corrected chi connectivity index (χ2v) is 3.86. The maximum Gasteiger partial charge on any atom is 0.339 e. The van der Waals surface area contributed by atoms with Gasteiger partial charge in [0.2, 0.25) is 5.76 Å². The monoisotopic (exact) mass is 255 g/mol. The van der Waals surface area contributed by atoms with E-state index in [1.165, 1.54) is 17.2 Å². The second-order valence-electron chi connectivity index (χ2n) is 3.86. The molecule has 0 radical (unpaired) electrons. The van der Waals surface area contributed by atoms with Crippen LogP contribution in [0, 0.1) is 0 Å². The quantitative estimate of drug-likeness (QED) is 0.832. The Labute approximate surface area is 105 Å². The third-order valence-corrected chi connectivity index (χ3v) is 2.63. The Morgan fingerprint density at radius 3 is 2.72 bits per heavy atom. The van der Waals surface area contributed by atoms with Gasteiger partial charge in [0.25, 0.3) is 5.91 Å². The number of ether oxygens (including phenoxy) is 1. The van der Waals surface area contributed by atoms with Gasteiger partial charge in [0.1, 0.15) is 5.56 Å². The average molecular weight is 255 g/mol. The predicted octanol–water partition coefficient (Wildman–Crippen LogP) is 1.47. The van der Waals surface area contributed by atoms with Crippen molar-refractivity contribution >= 4 is 11.9 Å². The minimum absolute atomic E-state index is 0.122. The van der Waals surface area contributed by atoms with E-state index in [1.807, 2.05) is 13.8 Å². The molecule has 0 saturated carbocycles. The van der Waals surface area contributed by atoms with Crippen molar-refractivity contribution < 1.29 is 23.8 Å². The molecular weight excluding hydrogens is 238 g/mol. The SMILES string of the molecule is CCN(C(=O)c1occc1C(=O)O)C(C)COC. The summed E-state index contributed by atoms with van der Waals surface area (Å²) in [6, 6.07) is 1.11. The van der Waals surface area contributed by atoms with Crippen molar-refractivity contribution in [2.24, 2.45) is 0 Å². The predicted molar refractivity (Wildman–Crippen MR) is 63.7 cm³/mol. The first-order chi connectivity index (χ1) is 8.52. The number of rotatable bonds is 6. The van der Waals surface area contributed by atoms with E-state index < -0.39 is 11.9 Å². The van der Waals surface area contributed by atoms with E-state index >= 15 is 0 Å². The van der Waals surface area contributed by atoms with Crippen LogP contribution >= 0.6 is 0 Å². The van der Waals surface area contributed by atoms with Crippen molar-refractivity contribution in [2.45, 2.75) is 19.9 Å². The number of methoxy groups -OCH3 is 1. The molecule has 0 bridgehead atoms. The Hall–Kier alpha value is -1.82. The molecule has 1 heterocycles. The molecular formula is C12H17NO5. The molecule has 1 unspecified atom stereocenters. The molecule has 0 aliphatic heterocycles. The molecule has 1 rings (SSSR count). The first-order valence-corrected chi connectivity index (χ1v) is 5.63. The van der Waals surface area contributed by atoms with Crippen molar-refractivity contribution in [1.82, 2.24) is 4.90 Å². The number of aromatic carboxylic acids is 1. The van der Waals surface area contributed by atoms with Crippen LogP contribution in [0.15, 0.2) is 16.7 Å². The van der Waals surface area contributed by atoms with Crippen LogP contribution in [0.5, 0.6) is 0 Å².